The van der Waals surface area contributed by atoms with Gasteiger partial charge in [0.1, 0.15) is 23.8 Å². The van der Waals surface area contributed by atoms with Crippen molar-refractivity contribution in [2.45, 2.75) is 51.0 Å². The van der Waals surface area contributed by atoms with E-state index in [1.807, 2.05) is 24.3 Å². The summed E-state index contributed by atoms with van der Waals surface area (Å²) in [5, 5.41) is 9.11. The highest BCUT2D eigenvalue weighted by molar-refractivity contribution is 9.10. The number of pyridine rings is 1. The number of piperidine rings is 1. The number of methoxy groups -OCH3 is 1. The maximum absolute atomic E-state index is 14.2. The number of nitrogens with zero attached hydrogens (tertiary/aromatic N) is 5. The summed E-state index contributed by atoms with van der Waals surface area (Å²) in [7, 11) is 1.38. The van der Waals surface area contributed by atoms with Crippen LogP contribution in [0.4, 0.5) is 4.39 Å². The van der Waals surface area contributed by atoms with E-state index in [9.17, 15) is 9.18 Å². The number of aromatic nitrogens is 3. The first-order valence-electron chi connectivity index (χ1n) is 14.3. The molecule has 0 unspecified atom stereocenters. The summed E-state index contributed by atoms with van der Waals surface area (Å²) in [5.41, 5.74) is 3.84. The minimum absolute atomic E-state index is 0.000382. The molecule has 0 saturated carbocycles. The van der Waals surface area contributed by atoms with Crippen molar-refractivity contribution in [3.63, 3.8) is 0 Å². The van der Waals surface area contributed by atoms with Crippen LogP contribution in [0, 0.1) is 17.1 Å². The molecule has 222 valence electrons. The molecule has 9 nitrogen and oxygen atoms in total. The molecule has 2 saturated heterocycles. The van der Waals surface area contributed by atoms with Crippen LogP contribution in [0.15, 0.2) is 53.0 Å². The van der Waals surface area contributed by atoms with Gasteiger partial charge in [0.15, 0.2) is 0 Å². The van der Waals surface area contributed by atoms with E-state index in [-0.39, 0.29) is 24.6 Å². The Kier molecular flexibility index (Phi) is 8.70. The molecule has 4 aromatic rings. The molecule has 43 heavy (non-hydrogen) atoms. The van der Waals surface area contributed by atoms with Crippen LogP contribution in [0.1, 0.15) is 58.2 Å². The van der Waals surface area contributed by atoms with E-state index in [0.29, 0.717) is 35.7 Å². The fraction of sp³-hybridized carbons (Fsp3) is 0.375. The molecule has 2 fully saturated rings. The Morgan fingerprint density at radius 3 is 2.70 bits per heavy atom. The van der Waals surface area contributed by atoms with E-state index in [1.165, 1.54) is 25.3 Å². The van der Waals surface area contributed by atoms with Gasteiger partial charge >= 0.3 is 5.97 Å². The number of nitriles is 1. The van der Waals surface area contributed by atoms with Gasteiger partial charge in [-0.1, -0.05) is 6.07 Å². The Hall–Kier alpha value is -3.85. The highest BCUT2D eigenvalue weighted by Gasteiger charge is 2.27. The Labute approximate surface area is 257 Å². The maximum Gasteiger partial charge on any atom is 0.337 e. The normalized spacial score (nSPS) is 17.4. The lowest BCUT2D eigenvalue weighted by atomic mass is 9.93. The van der Waals surface area contributed by atoms with Gasteiger partial charge < -0.3 is 18.8 Å². The molecule has 2 aromatic heterocycles. The molecule has 2 aromatic carbocycles. The number of esters is 1. The zero-order valence-electron chi connectivity index (χ0n) is 23.8. The summed E-state index contributed by atoms with van der Waals surface area (Å²) in [5.74, 6) is 0.852. The van der Waals surface area contributed by atoms with Gasteiger partial charge in [-0.2, -0.15) is 5.26 Å². The maximum atomic E-state index is 14.2. The van der Waals surface area contributed by atoms with Crippen LogP contribution >= 0.6 is 15.9 Å². The standard InChI is InChI=1S/C32H31BrFN5O4/c1-41-32(40)22-14-25(33)31-28(15-22)39(17-24-9-12-42-24)29(37-31)18-38-10-7-21(8-11-38)27-3-2-4-30(36-27)43-19-23-13-20(16-35)5-6-26(23)34/h2-6,13-15,21,24H,7-12,17-19H2,1H3/t24-/m0/s1. The molecule has 2 aliphatic heterocycles. The Morgan fingerprint density at radius 2 is 1.98 bits per heavy atom. The first kappa shape index (κ1) is 29.2. The summed E-state index contributed by atoms with van der Waals surface area (Å²) >= 11 is 3.61. The summed E-state index contributed by atoms with van der Waals surface area (Å²) in [6.45, 7) is 3.88. The number of hydrogen-bond acceptors (Lipinski definition) is 8. The minimum Gasteiger partial charge on any atom is -0.473 e. The van der Waals surface area contributed by atoms with Gasteiger partial charge in [-0.25, -0.2) is 19.2 Å². The molecule has 1 atom stereocenters. The van der Waals surface area contributed by atoms with E-state index in [1.54, 1.807) is 12.1 Å². The number of likely N-dealkylation sites (tertiary alicyclic amines) is 1. The lowest BCUT2D eigenvalue weighted by Crippen LogP contribution is -2.35. The summed E-state index contributed by atoms with van der Waals surface area (Å²) in [4.78, 5) is 24.4. The quantitative estimate of drug-likeness (QED) is 0.212. The largest absolute Gasteiger partial charge is 0.473 e. The van der Waals surface area contributed by atoms with Gasteiger partial charge in [-0.3, -0.25) is 4.90 Å². The van der Waals surface area contributed by atoms with Crippen LogP contribution in [0.3, 0.4) is 0 Å². The second kappa shape index (κ2) is 12.8. The van der Waals surface area contributed by atoms with Gasteiger partial charge in [0, 0.05) is 34.3 Å². The molecular weight excluding hydrogens is 617 g/mol. The van der Waals surface area contributed by atoms with E-state index in [0.717, 1.165) is 66.0 Å². The van der Waals surface area contributed by atoms with Crippen LogP contribution in [-0.2, 0) is 29.2 Å². The number of hydrogen-bond donors (Lipinski definition) is 0. The molecular formula is C32H31BrFN5O4. The second-order valence-corrected chi connectivity index (χ2v) is 11.7. The summed E-state index contributed by atoms with van der Waals surface area (Å²) in [6, 6.07) is 15.6. The number of rotatable bonds is 9. The molecule has 2 aliphatic rings. The molecule has 4 heterocycles. The highest BCUT2D eigenvalue weighted by Crippen LogP contribution is 2.32. The molecule has 0 spiro atoms. The first-order valence-corrected chi connectivity index (χ1v) is 15.1. The smallest absolute Gasteiger partial charge is 0.337 e. The molecule has 0 radical (unpaired) electrons. The molecule has 0 amide bonds. The highest BCUT2D eigenvalue weighted by atomic mass is 79.9. The van der Waals surface area contributed by atoms with Crippen LogP contribution in [0.25, 0.3) is 11.0 Å². The Morgan fingerprint density at radius 1 is 1.16 bits per heavy atom. The zero-order chi connectivity index (χ0) is 29.9. The van der Waals surface area contributed by atoms with Crippen LogP contribution in [0.5, 0.6) is 5.88 Å². The average molecular weight is 649 g/mol. The number of imidazole rings is 1. The number of carbonyl (C=O) groups excluding carboxylic acids is 1. The second-order valence-electron chi connectivity index (χ2n) is 10.9. The summed E-state index contributed by atoms with van der Waals surface area (Å²) < 4.78 is 33.6. The molecule has 0 aliphatic carbocycles. The van der Waals surface area contributed by atoms with Crippen molar-refractivity contribution in [3.05, 3.63) is 87.0 Å². The van der Waals surface area contributed by atoms with E-state index in [2.05, 4.69) is 25.4 Å². The van der Waals surface area contributed by atoms with Gasteiger partial charge in [0.05, 0.1) is 49.0 Å². The van der Waals surface area contributed by atoms with Crippen molar-refractivity contribution < 1.29 is 23.4 Å². The van der Waals surface area contributed by atoms with Gasteiger partial charge in [-0.15, -0.1) is 0 Å². The molecule has 6 rings (SSSR count). The third-order valence-corrected chi connectivity index (χ3v) is 8.76. The average Bonchev–Trinajstić information content (AvgIpc) is 3.35. The molecule has 0 N–H and O–H groups in total. The molecule has 0 bridgehead atoms. The SMILES string of the molecule is COC(=O)c1cc(Br)c2nc(CN3CCC(c4cccc(OCc5cc(C#N)ccc5F)n4)CC3)n(C[C@@H]3CCO3)c2c1. The van der Waals surface area contributed by atoms with E-state index in [4.69, 9.17) is 29.4 Å². The van der Waals surface area contributed by atoms with Gasteiger partial charge in [-0.05, 0) is 84.7 Å². The van der Waals surface area contributed by atoms with E-state index >= 15 is 0 Å². The number of halogens is 2. The molecule has 11 heteroatoms. The van der Waals surface area contributed by atoms with Gasteiger partial charge in [0.2, 0.25) is 5.88 Å². The predicted octanol–water partition coefficient (Wildman–Crippen LogP) is 5.74. The zero-order valence-corrected chi connectivity index (χ0v) is 25.3. The minimum atomic E-state index is -0.410. The van der Waals surface area contributed by atoms with E-state index < -0.39 is 5.82 Å². The predicted molar refractivity (Wildman–Crippen MR) is 160 cm³/mol. The van der Waals surface area contributed by atoms with Crippen molar-refractivity contribution >= 4 is 32.9 Å². The summed E-state index contributed by atoms with van der Waals surface area (Å²) in [6.07, 6.45) is 2.99. The van der Waals surface area contributed by atoms with Crippen molar-refractivity contribution in [3.8, 4) is 11.9 Å². The van der Waals surface area contributed by atoms with Gasteiger partial charge in [0.25, 0.3) is 0 Å². The Balaban J connectivity index is 1.13. The number of ether oxygens (including phenoxy) is 3. The first-order chi connectivity index (χ1) is 20.9. The van der Waals surface area contributed by atoms with Crippen molar-refractivity contribution in [2.24, 2.45) is 0 Å². The van der Waals surface area contributed by atoms with Crippen LogP contribution in [0.2, 0.25) is 0 Å². The third-order valence-electron chi connectivity index (χ3n) is 8.15. The topological polar surface area (TPSA) is 102 Å². The Bertz CT molecular complexity index is 1690. The fourth-order valence-corrected chi connectivity index (χ4v) is 6.19. The van der Waals surface area contributed by atoms with Crippen molar-refractivity contribution in [1.29, 1.82) is 5.26 Å². The van der Waals surface area contributed by atoms with Crippen molar-refractivity contribution in [1.82, 2.24) is 19.4 Å². The number of benzene rings is 2. The number of carbonyl (C=O) groups is 1. The third kappa shape index (κ3) is 6.42. The monoisotopic (exact) mass is 647 g/mol. The van der Waals surface area contributed by atoms with Crippen molar-refractivity contribution in [2.75, 3.05) is 26.8 Å². The fourth-order valence-electron chi connectivity index (χ4n) is 5.65. The van der Waals surface area contributed by atoms with Crippen LogP contribution < -0.4 is 4.74 Å². The van der Waals surface area contributed by atoms with Crippen LogP contribution in [-0.4, -0.2) is 58.3 Å². The number of fused-ring (bicyclic) bond motifs is 1. The lowest BCUT2D eigenvalue weighted by Gasteiger charge is -2.32. The lowest BCUT2D eigenvalue weighted by molar-refractivity contribution is -0.0592.